The minimum atomic E-state index is 0.0884. The van der Waals surface area contributed by atoms with Crippen molar-refractivity contribution in [3.63, 3.8) is 0 Å². The maximum atomic E-state index is 12.4. The van der Waals surface area contributed by atoms with Gasteiger partial charge in [-0.3, -0.25) is 4.79 Å². The van der Waals surface area contributed by atoms with Crippen LogP contribution in [0.1, 0.15) is 23.4 Å². The molecule has 2 aromatic heterocycles. The average molecular weight is 331 g/mol. The number of morpholine rings is 1. The van der Waals surface area contributed by atoms with Crippen molar-refractivity contribution in [3.8, 4) is 0 Å². The lowest BCUT2D eigenvalue weighted by molar-refractivity contribution is -0.138. The van der Waals surface area contributed by atoms with Crippen LogP contribution in [-0.2, 0) is 22.4 Å². The average Bonchev–Trinajstić information content (AvgIpc) is 3.06. The molecule has 2 aromatic rings. The Balaban J connectivity index is 1.50. The van der Waals surface area contributed by atoms with E-state index in [9.17, 15) is 4.79 Å². The van der Waals surface area contributed by atoms with Crippen LogP contribution in [0.2, 0.25) is 0 Å². The molecule has 122 valence electrons. The predicted octanol–water partition coefficient (Wildman–Crippen LogP) is 2.25. The van der Waals surface area contributed by atoms with E-state index < -0.39 is 0 Å². The van der Waals surface area contributed by atoms with Crippen molar-refractivity contribution in [1.29, 1.82) is 0 Å². The Kier molecular flexibility index (Phi) is 5.35. The smallest absolute Gasteiger partial charge is 0.227 e. The van der Waals surface area contributed by atoms with Gasteiger partial charge >= 0.3 is 0 Å². The highest BCUT2D eigenvalue weighted by molar-refractivity contribution is 7.07. The number of hydrogen-bond donors (Lipinski definition) is 0. The first-order chi connectivity index (χ1) is 11.2. The molecule has 0 aliphatic carbocycles. The molecule has 6 heteroatoms. The number of aromatic nitrogens is 2. The van der Waals surface area contributed by atoms with Gasteiger partial charge < -0.3 is 9.64 Å². The summed E-state index contributed by atoms with van der Waals surface area (Å²) in [5.41, 5.74) is 3.11. The standard InChI is InChI=1S/C17H21N3O2S/c1-13-8-15(19-12-18-13)2-3-16-10-20(5-6-22-16)17(21)9-14-4-7-23-11-14/h4,7-8,11-12,16H,2-3,5-6,9-10H2,1H3. The molecule has 23 heavy (non-hydrogen) atoms. The van der Waals surface area contributed by atoms with Crippen molar-refractivity contribution >= 4 is 17.2 Å². The second-order valence-corrected chi connectivity index (χ2v) is 6.61. The molecule has 0 saturated carbocycles. The molecule has 1 fully saturated rings. The fourth-order valence-corrected chi connectivity index (χ4v) is 3.42. The lowest BCUT2D eigenvalue weighted by atomic mass is 10.1. The number of aryl methyl sites for hydroxylation is 2. The summed E-state index contributed by atoms with van der Waals surface area (Å²) in [4.78, 5) is 22.7. The van der Waals surface area contributed by atoms with Crippen molar-refractivity contribution in [2.45, 2.75) is 32.3 Å². The summed E-state index contributed by atoms with van der Waals surface area (Å²) >= 11 is 1.63. The number of rotatable bonds is 5. The van der Waals surface area contributed by atoms with Gasteiger partial charge in [-0.2, -0.15) is 11.3 Å². The minimum absolute atomic E-state index is 0.0884. The topological polar surface area (TPSA) is 55.3 Å². The molecule has 1 aliphatic heterocycles. The van der Waals surface area contributed by atoms with Gasteiger partial charge in [-0.1, -0.05) is 0 Å². The molecule has 1 amide bonds. The second kappa shape index (κ2) is 7.66. The van der Waals surface area contributed by atoms with Gasteiger partial charge in [0.15, 0.2) is 0 Å². The zero-order chi connectivity index (χ0) is 16.1. The fraction of sp³-hybridized carbons (Fsp3) is 0.471. The van der Waals surface area contributed by atoms with E-state index in [0.29, 0.717) is 26.1 Å². The largest absolute Gasteiger partial charge is 0.375 e. The molecule has 1 unspecified atom stereocenters. The Bertz CT molecular complexity index is 645. The summed E-state index contributed by atoms with van der Waals surface area (Å²) in [5.74, 6) is 0.189. The van der Waals surface area contributed by atoms with Crippen LogP contribution >= 0.6 is 11.3 Å². The third-order valence-electron chi connectivity index (χ3n) is 4.01. The molecule has 0 N–H and O–H groups in total. The van der Waals surface area contributed by atoms with Crippen LogP contribution in [0, 0.1) is 6.92 Å². The molecule has 5 nitrogen and oxygen atoms in total. The molecule has 1 saturated heterocycles. The van der Waals surface area contributed by atoms with E-state index in [0.717, 1.165) is 29.8 Å². The van der Waals surface area contributed by atoms with Gasteiger partial charge in [0.05, 0.1) is 19.1 Å². The number of nitrogens with zero attached hydrogens (tertiary/aromatic N) is 3. The van der Waals surface area contributed by atoms with Crippen LogP contribution in [0.3, 0.4) is 0 Å². The summed E-state index contributed by atoms with van der Waals surface area (Å²) < 4.78 is 5.81. The van der Waals surface area contributed by atoms with Crippen molar-refractivity contribution < 1.29 is 9.53 Å². The number of thiophene rings is 1. The monoisotopic (exact) mass is 331 g/mol. The quantitative estimate of drug-likeness (QED) is 0.843. The molecule has 3 rings (SSSR count). The highest BCUT2D eigenvalue weighted by Crippen LogP contribution is 2.14. The zero-order valence-electron chi connectivity index (χ0n) is 13.3. The number of hydrogen-bond acceptors (Lipinski definition) is 5. The lowest BCUT2D eigenvalue weighted by Crippen LogP contribution is -2.46. The van der Waals surface area contributed by atoms with Gasteiger partial charge in [-0.15, -0.1) is 0 Å². The third kappa shape index (κ3) is 4.59. The first-order valence-corrected chi connectivity index (χ1v) is 8.83. The van der Waals surface area contributed by atoms with E-state index in [1.807, 2.05) is 34.7 Å². The number of ether oxygens (including phenoxy) is 1. The van der Waals surface area contributed by atoms with E-state index in [2.05, 4.69) is 9.97 Å². The van der Waals surface area contributed by atoms with Crippen molar-refractivity contribution in [2.24, 2.45) is 0 Å². The Hall–Kier alpha value is -1.79. The summed E-state index contributed by atoms with van der Waals surface area (Å²) in [6, 6.07) is 4.01. The SMILES string of the molecule is Cc1cc(CCC2CN(C(=O)Cc3ccsc3)CCO2)ncn1. The van der Waals surface area contributed by atoms with Gasteiger partial charge in [-0.25, -0.2) is 9.97 Å². The fourth-order valence-electron chi connectivity index (χ4n) is 2.76. The first kappa shape index (κ1) is 16.1. The van der Waals surface area contributed by atoms with Gasteiger partial charge in [0.1, 0.15) is 6.33 Å². The van der Waals surface area contributed by atoms with Gasteiger partial charge in [-0.05, 0) is 48.2 Å². The summed E-state index contributed by atoms with van der Waals surface area (Å²) in [6.45, 7) is 3.94. The minimum Gasteiger partial charge on any atom is -0.375 e. The van der Waals surface area contributed by atoms with E-state index in [-0.39, 0.29) is 12.0 Å². The van der Waals surface area contributed by atoms with Crippen LogP contribution in [0.4, 0.5) is 0 Å². The normalized spacial score (nSPS) is 18.1. The van der Waals surface area contributed by atoms with Crippen LogP contribution in [0.15, 0.2) is 29.2 Å². The van der Waals surface area contributed by atoms with E-state index in [4.69, 9.17) is 4.74 Å². The van der Waals surface area contributed by atoms with Crippen LogP contribution < -0.4 is 0 Å². The van der Waals surface area contributed by atoms with E-state index >= 15 is 0 Å². The number of amides is 1. The molecule has 1 aliphatic rings. The maximum absolute atomic E-state index is 12.4. The predicted molar refractivity (Wildman–Crippen MR) is 89.4 cm³/mol. The first-order valence-electron chi connectivity index (χ1n) is 7.88. The molecular formula is C17H21N3O2S. The van der Waals surface area contributed by atoms with E-state index in [1.165, 1.54) is 0 Å². The third-order valence-corrected chi connectivity index (χ3v) is 4.74. The summed E-state index contributed by atoms with van der Waals surface area (Å²) in [6.07, 6.45) is 3.90. The Morgan fingerprint density at radius 1 is 1.48 bits per heavy atom. The van der Waals surface area contributed by atoms with E-state index in [1.54, 1.807) is 17.7 Å². The van der Waals surface area contributed by atoms with Crippen molar-refractivity contribution in [3.05, 3.63) is 46.2 Å². The molecular weight excluding hydrogens is 310 g/mol. The second-order valence-electron chi connectivity index (χ2n) is 5.83. The molecule has 0 bridgehead atoms. The maximum Gasteiger partial charge on any atom is 0.227 e. The molecule has 0 spiro atoms. The molecule has 0 aromatic carbocycles. The Morgan fingerprint density at radius 3 is 3.17 bits per heavy atom. The lowest BCUT2D eigenvalue weighted by Gasteiger charge is -2.33. The van der Waals surface area contributed by atoms with Crippen LogP contribution in [-0.4, -0.2) is 46.6 Å². The molecule has 1 atom stereocenters. The highest BCUT2D eigenvalue weighted by Gasteiger charge is 2.24. The Labute approximate surface area is 140 Å². The van der Waals surface area contributed by atoms with Crippen molar-refractivity contribution in [1.82, 2.24) is 14.9 Å². The zero-order valence-corrected chi connectivity index (χ0v) is 14.1. The highest BCUT2D eigenvalue weighted by atomic mass is 32.1. The van der Waals surface area contributed by atoms with Crippen LogP contribution in [0.5, 0.6) is 0 Å². The summed E-state index contributed by atoms with van der Waals surface area (Å²) in [7, 11) is 0. The van der Waals surface area contributed by atoms with Gasteiger partial charge in [0.2, 0.25) is 5.91 Å². The number of carbonyl (C=O) groups is 1. The molecule has 3 heterocycles. The number of carbonyl (C=O) groups excluding carboxylic acids is 1. The summed E-state index contributed by atoms with van der Waals surface area (Å²) in [5, 5.41) is 4.04. The van der Waals surface area contributed by atoms with Crippen LogP contribution in [0.25, 0.3) is 0 Å². The van der Waals surface area contributed by atoms with Crippen molar-refractivity contribution in [2.75, 3.05) is 19.7 Å². The Morgan fingerprint density at radius 2 is 2.39 bits per heavy atom. The molecule has 0 radical (unpaired) electrons. The van der Waals surface area contributed by atoms with Gasteiger partial charge in [0, 0.05) is 24.5 Å². The van der Waals surface area contributed by atoms with Gasteiger partial charge in [0.25, 0.3) is 0 Å².